The van der Waals surface area contributed by atoms with Crippen molar-refractivity contribution in [1.29, 1.82) is 0 Å². The van der Waals surface area contributed by atoms with Crippen molar-refractivity contribution in [3.8, 4) is 0 Å². The third-order valence-electron chi connectivity index (χ3n) is 3.86. The van der Waals surface area contributed by atoms with Crippen LogP contribution in [0.4, 0.5) is 11.5 Å². The van der Waals surface area contributed by atoms with E-state index in [0.29, 0.717) is 0 Å². The van der Waals surface area contributed by atoms with Crippen LogP contribution < -0.4 is 5.32 Å². The summed E-state index contributed by atoms with van der Waals surface area (Å²) < 4.78 is 0. The summed E-state index contributed by atoms with van der Waals surface area (Å²) in [7, 11) is 0. The Balaban J connectivity index is 1.99. The van der Waals surface area contributed by atoms with Crippen LogP contribution in [0.3, 0.4) is 0 Å². The molecule has 23 heavy (non-hydrogen) atoms. The summed E-state index contributed by atoms with van der Waals surface area (Å²) in [5, 5.41) is 13.3. The fraction of sp³-hybridized carbons (Fsp3) is 0.158. The van der Waals surface area contributed by atoms with E-state index in [2.05, 4.69) is 38.2 Å². The monoisotopic (exact) mass is 306 g/mol. The molecule has 116 valence electrons. The van der Waals surface area contributed by atoms with E-state index in [1.54, 1.807) is 24.3 Å². The molecule has 4 heteroatoms. The summed E-state index contributed by atoms with van der Waals surface area (Å²) in [6.07, 6.45) is 0. The average molecular weight is 306 g/mol. The van der Waals surface area contributed by atoms with Crippen molar-refractivity contribution >= 4 is 28.4 Å². The second-order valence-electron chi connectivity index (χ2n) is 5.81. The van der Waals surface area contributed by atoms with Crippen LogP contribution in [0.1, 0.15) is 27.0 Å². The van der Waals surface area contributed by atoms with Crippen LogP contribution in [-0.4, -0.2) is 16.1 Å². The normalized spacial score (nSPS) is 10.7. The maximum absolute atomic E-state index is 10.9. The molecule has 0 atom stereocenters. The summed E-state index contributed by atoms with van der Waals surface area (Å²) in [6, 6.07) is 12.9. The molecule has 0 aliphatic carbocycles. The molecule has 4 nitrogen and oxygen atoms in total. The highest BCUT2D eigenvalue weighted by atomic mass is 16.4. The molecule has 0 unspecified atom stereocenters. The molecule has 2 aromatic carbocycles. The Morgan fingerprint density at radius 2 is 1.70 bits per heavy atom. The van der Waals surface area contributed by atoms with Crippen molar-refractivity contribution in [2.24, 2.45) is 0 Å². The molecule has 0 aliphatic heterocycles. The number of carbonyl (C=O) groups is 1. The summed E-state index contributed by atoms with van der Waals surface area (Å²) in [4.78, 5) is 15.6. The number of fused-ring (bicyclic) bond motifs is 1. The van der Waals surface area contributed by atoms with Crippen LogP contribution in [-0.2, 0) is 0 Å². The Hall–Kier alpha value is -2.88. The average Bonchev–Trinajstić information content (AvgIpc) is 2.49. The zero-order chi connectivity index (χ0) is 16.6. The van der Waals surface area contributed by atoms with Crippen molar-refractivity contribution in [3.63, 3.8) is 0 Å². The van der Waals surface area contributed by atoms with Crippen LogP contribution in [0.25, 0.3) is 10.9 Å². The molecule has 0 aliphatic rings. The summed E-state index contributed by atoms with van der Waals surface area (Å²) in [5.41, 5.74) is 5.60. The highest BCUT2D eigenvalue weighted by molar-refractivity contribution is 5.89. The summed E-state index contributed by atoms with van der Waals surface area (Å²) in [6.45, 7) is 6.22. The highest BCUT2D eigenvalue weighted by Crippen LogP contribution is 2.26. The van der Waals surface area contributed by atoms with Gasteiger partial charge in [-0.2, -0.15) is 0 Å². The fourth-order valence-electron chi connectivity index (χ4n) is 2.75. The van der Waals surface area contributed by atoms with Crippen LogP contribution in [0.2, 0.25) is 0 Å². The van der Waals surface area contributed by atoms with Crippen molar-refractivity contribution < 1.29 is 9.90 Å². The first-order chi connectivity index (χ1) is 10.9. The number of anilines is 2. The predicted octanol–water partition coefficient (Wildman–Crippen LogP) is 4.60. The number of hydrogen-bond acceptors (Lipinski definition) is 3. The molecule has 0 saturated carbocycles. The van der Waals surface area contributed by atoms with E-state index in [1.165, 1.54) is 5.56 Å². The van der Waals surface area contributed by atoms with E-state index in [1.807, 2.05) is 6.07 Å². The SMILES string of the molecule is Cc1cc(C)c2nc(Nc3ccc(C(=O)O)cc3)cc(C)c2c1. The molecule has 0 radical (unpaired) electrons. The van der Waals surface area contributed by atoms with Gasteiger partial charge in [0, 0.05) is 11.1 Å². The highest BCUT2D eigenvalue weighted by Gasteiger charge is 2.07. The lowest BCUT2D eigenvalue weighted by atomic mass is 10.0. The van der Waals surface area contributed by atoms with Gasteiger partial charge in [0.25, 0.3) is 0 Å². The zero-order valence-corrected chi connectivity index (χ0v) is 13.3. The largest absolute Gasteiger partial charge is 0.478 e. The van der Waals surface area contributed by atoms with E-state index in [0.717, 1.165) is 33.5 Å². The van der Waals surface area contributed by atoms with Gasteiger partial charge in [-0.3, -0.25) is 0 Å². The Bertz CT molecular complexity index is 899. The van der Waals surface area contributed by atoms with E-state index in [9.17, 15) is 4.79 Å². The summed E-state index contributed by atoms with van der Waals surface area (Å²) in [5.74, 6) is -0.174. The third kappa shape index (κ3) is 3.01. The smallest absolute Gasteiger partial charge is 0.335 e. The van der Waals surface area contributed by atoms with Crippen molar-refractivity contribution in [2.75, 3.05) is 5.32 Å². The topological polar surface area (TPSA) is 62.2 Å². The van der Waals surface area contributed by atoms with Gasteiger partial charge in [0.2, 0.25) is 0 Å². The first-order valence-corrected chi connectivity index (χ1v) is 7.43. The molecule has 1 aromatic heterocycles. The molecule has 3 aromatic rings. The number of aryl methyl sites for hydroxylation is 3. The molecule has 0 amide bonds. The van der Waals surface area contributed by atoms with E-state index in [-0.39, 0.29) is 5.56 Å². The van der Waals surface area contributed by atoms with Gasteiger partial charge < -0.3 is 10.4 Å². The molecule has 0 bridgehead atoms. The van der Waals surface area contributed by atoms with Crippen molar-refractivity contribution in [2.45, 2.75) is 20.8 Å². The number of nitrogens with one attached hydrogen (secondary N) is 1. The molecule has 3 rings (SSSR count). The Labute approximate surface area is 134 Å². The Morgan fingerprint density at radius 1 is 1.00 bits per heavy atom. The Morgan fingerprint density at radius 3 is 2.35 bits per heavy atom. The van der Waals surface area contributed by atoms with Crippen LogP contribution in [0.15, 0.2) is 42.5 Å². The van der Waals surface area contributed by atoms with Gasteiger partial charge >= 0.3 is 5.97 Å². The van der Waals surface area contributed by atoms with E-state index >= 15 is 0 Å². The molecule has 0 saturated heterocycles. The van der Waals surface area contributed by atoms with Crippen LogP contribution >= 0.6 is 0 Å². The maximum atomic E-state index is 10.9. The zero-order valence-electron chi connectivity index (χ0n) is 13.3. The van der Waals surface area contributed by atoms with E-state index < -0.39 is 5.97 Å². The lowest BCUT2D eigenvalue weighted by Gasteiger charge is -2.11. The third-order valence-corrected chi connectivity index (χ3v) is 3.86. The minimum Gasteiger partial charge on any atom is -0.478 e. The van der Waals surface area contributed by atoms with Gasteiger partial charge in [-0.05, 0) is 68.3 Å². The second kappa shape index (κ2) is 5.72. The lowest BCUT2D eigenvalue weighted by molar-refractivity contribution is 0.0697. The van der Waals surface area contributed by atoms with Crippen LogP contribution in [0, 0.1) is 20.8 Å². The van der Waals surface area contributed by atoms with Gasteiger partial charge in [-0.1, -0.05) is 11.6 Å². The first kappa shape index (κ1) is 15.0. The maximum Gasteiger partial charge on any atom is 0.335 e. The molecular weight excluding hydrogens is 288 g/mol. The number of pyridine rings is 1. The minimum atomic E-state index is -0.929. The number of benzene rings is 2. The number of hydrogen-bond donors (Lipinski definition) is 2. The second-order valence-corrected chi connectivity index (χ2v) is 5.81. The fourth-order valence-corrected chi connectivity index (χ4v) is 2.75. The standard InChI is InChI=1S/C19H18N2O2/c1-11-8-13(3)18-16(9-11)12(2)10-17(21-18)20-15-6-4-14(5-7-15)19(22)23/h4-10H,1-3H3,(H,20,21)(H,22,23). The number of rotatable bonds is 3. The Kier molecular flexibility index (Phi) is 3.74. The van der Waals surface area contributed by atoms with Gasteiger partial charge in [0.1, 0.15) is 5.82 Å². The lowest BCUT2D eigenvalue weighted by Crippen LogP contribution is -1.99. The van der Waals surface area contributed by atoms with Crippen molar-refractivity contribution in [1.82, 2.24) is 4.98 Å². The number of aromatic nitrogens is 1. The van der Waals surface area contributed by atoms with Gasteiger partial charge in [-0.15, -0.1) is 0 Å². The van der Waals surface area contributed by atoms with Crippen molar-refractivity contribution in [3.05, 3.63) is 64.7 Å². The molecule has 0 spiro atoms. The minimum absolute atomic E-state index is 0.268. The quantitative estimate of drug-likeness (QED) is 0.742. The van der Waals surface area contributed by atoms with Gasteiger partial charge in [0.15, 0.2) is 0 Å². The van der Waals surface area contributed by atoms with Gasteiger partial charge in [0.05, 0.1) is 11.1 Å². The van der Waals surface area contributed by atoms with Crippen LogP contribution in [0.5, 0.6) is 0 Å². The number of nitrogens with zero attached hydrogens (tertiary/aromatic N) is 1. The predicted molar refractivity (Wildman–Crippen MR) is 92.6 cm³/mol. The number of carboxylic acids is 1. The summed E-state index contributed by atoms with van der Waals surface area (Å²) >= 11 is 0. The molecule has 2 N–H and O–H groups in total. The number of carboxylic acid groups (broad SMARTS) is 1. The van der Waals surface area contributed by atoms with E-state index in [4.69, 9.17) is 10.1 Å². The first-order valence-electron chi connectivity index (χ1n) is 7.43. The number of aromatic carboxylic acids is 1. The van der Waals surface area contributed by atoms with Gasteiger partial charge in [-0.25, -0.2) is 9.78 Å². The molecule has 0 fully saturated rings. The molecular formula is C19H18N2O2. The molecule has 1 heterocycles.